The van der Waals surface area contributed by atoms with Crippen LogP contribution in [-0.4, -0.2) is 11.3 Å². The van der Waals surface area contributed by atoms with Crippen molar-refractivity contribution in [2.45, 2.75) is 6.92 Å². The minimum atomic E-state index is 0.0425. The molecule has 0 atom stereocenters. The highest BCUT2D eigenvalue weighted by Gasteiger charge is 2.04. The van der Waals surface area contributed by atoms with E-state index in [1.54, 1.807) is 12.3 Å². The van der Waals surface area contributed by atoms with Gasteiger partial charge in [-0.25, -0.2) is 0 Å². The topological polar surface area (TPSA) is 44.6 Å². The summed E-state index contributed by atoms with van der Waals surface area (Å²) in [4.78, 5) is 0. The molecule has 0 fully saturated rings. The fourth-order valence-corrected chi connectivity index (χ4v) is 1.83. The Morgan fingerprint density at radius 1 is 1.22 bits per heavy atom. The molecule has 0 amide bonds. The van der Waals surface area contributed by atoms with Crippen LogP contribution >= 0.6 is 11.6 Å². The monoisotopic (exact) mass is 260 g/mol. The van der Waals surface area contributed by atoms with Crippen molar-refractivity contribution in [3.8, 4) is 5.75 Å². The smallest absolute Gasteiger partial charge is 0.143 e. The molecule has 0 radical (unpaired) electrons. The van der Waals surface area contributed by atoms with Gasteiger partial charge in [0, 0.05) is 5.56 Å². The number of para-hydroxylation sites is 1. The van der Waals surface area contributed by atoms with Gasteiger partial charge in [0.15, 0.2) is 0 Å². The summed E-state index contributed by atoms with van der Waals surface area (Å²) >= 11 is 5.88. The van der Waals surface area contributed by atoms with Gasteiger partial charge in [-0.2, -0.15) is 5.10 Å². The zero-order valence-electron chi connectivity index (χ0n) is 9.89. The van der Waals surface area contributed by atoms with Gasteiger partial charge in [-0.15, -0.1) is 0 Å². The number of phenols is 1. The second-order valence-corrected chi connectivity index (χ2v) is 4.33. The number of hydrogen-bond donors (Lipinski definition) is 2. The van der Waals surface area contributed by atoms with Crippen molar-refractivity contribution in [2.24, 2.45) is 5.10 Å². The lowest BCUT2D eigenvalue weighted by atomic mass is 10.1. The summed E-state index contributed by atoms with van der Waals surface area (Å²) in [6.45, 7) is 1.91. The summed E-state index contributed by atoms with van der Waals surface area (Å²) < 4.78 is 0. The zero-order valence-corrected chi connectivity index (χ0v) is 10.6. The molecule has 18 heavy (non-hydrogen) atoms. The number of rotatable bonds is 3. The predicted molar refractivity (Wildman–Crippen MR) is 75.5 cm³/mol. The molecule has 0 saturated carbocycles. The van der Waals surface area contributed by atoms with Gasteiger partial charge in [0.2, 0.25) is 0 Å². The van der Waals surface area contributed by atoms with Crippen LogP contribution in [0.1, 0.15) is 11.1 Å². The van der Waals surface area contributed by atoms with E-state index >= 15 is 0 Å². The molecule has 0 aliphatic carbocycles. The van der Waals surface area contributed by atoms with Crippen LogP contribution in [0.5, 0.6) is 5.75 Å². The maximum absolute atomic E-state index is 9.77. The number of aryl methyl sites for hydroxylation is 1. The third-order valence-electron chi connectivity index (χ3n) is 2.41. The maximum Gasteiger partial charge on any atom is 0.143 e. The van der Waals surface area contributed by atoms with E-state index in [1.807, 2.05) is 43.3 Å². The molecule has 0 bridgehead atoms. The lowest BCUT2D eigenvalue weighted by molar-refractivity contribution is 0.474. The van der Waals surface area contributed by atoms with Crippen LogP contribution in [0.2, 0.25) is 5.02 Å². The van der Waals surface area contributed by atoms with Crippen molar-refractivity contribution in [3.05, 3.63) is 58.6 Å². The number of anilines is 1. The zero-order chi connectivity index (χ0) is 13.0. The average Bonchev–Trinajstić information content (AvgIpc) is 2.36. The van der Waals surface area contributed by atoms with Crippen LogP contribution in [0.25, 0.3) is 0 Å². The van der Waals surface area contributed by atoms with Gasteiger partial charge in [-0.3, -0.25) is 5.43 Å². The molecule has 2 aromatic rings. The number of hydrazone groups is 1. The summed E-state index contributed by atoms with van der Waals surface area (Å²) in [7, 11) is 0. The number of nitrogens with zero attached hydrogens (tertiary/aromatic N) is 1. The highest BCUT2D eigenvalue weighted by atomic mass is 35.5. The average molecular weight is 261 g/mol. The van der Waals surface area contributed by atoms with Crippen molar-refractivity contribution in [3.63, 3.8) is 0 Å². The summed E-state index contributed by atoms with van der Waals surface area (Å²) in [6, 6.07) is 13.1. The Morgan fingerprint density at radius 2 is 1.94 bits per heavy atom. The predicted octanol–water partition coefficient (Wildman–Crippen LogP) is 3.80. The van der Waals surface area contributed by atoms with E-state index in [-0.39, 0.29) is 5.75 Å². The molecule has 0 spiro atoms. The molecule has 0 aliphatic heterocycles. The Balaban J connectivity index is 2.15. The second kappa shape index (κ2) is 5.56. The third kappa shape index (κ3) is 3.02. The molecule has 2 N–H and O–H groups in total. The van der Waals surface area contributed by atoms with Gasteiger partial charge < -0.3 is 5.11 Å². The number of aromatic hydroxyl groups is 1. The molecule has 0 aliphatic rings. The summed E-state index contributed by atoms with van der Waals surface area (Å²) in [5.74, 6) is 0.0425. The van der Waals surface area contributed by atoms with Gasteiger partial charge in [-0.05, 0) is 36.8 Å². The fraction of sp³-hybridized carbons (Fsp3) is 0.0714. The summed E-state index contributed by atoms with van der Waals surface area (Å²) in [5, 5.41) is 14.2. The number of benzene rings is 2. The highest BCUT2D eigenvalue weighted by Crippen LogP contribution is 2.27. The summed E-state index contributed by atoms with van der Waals surface area (Å²) in [5.41, 5.74) is 5.31. The first-order chi connectivity index (χ1) is 8.66. The standard InChI is InChI=1S/C14H13ClN2O/c1-10-7-11(14(18)13(15)8-10)9-16-17-12-5-3-2-4-6-12/h2-9,17-18H,1H3/b16-9-. The van der Waals surface area contributed by atoms with E-state index in [2.05, 4.69) is 10.5 Å². The van der Waals surface area contributed by atoms with Crippen LogP contribution in [0.4, 0.5) is 5.69 Å². The molecular weight excluding hydrogens is 248 g/mol. The Bertz CT molecular complexity index is 568. The number of halogens is 1. The second-order valence-electron chi connectivity index (χ2n) is 3.92. The Labute approximate surface area is 111 Å². The van der Waals surface area contributed by atoms with Crippen LogP contribution in [0.3, 0.4) is 0 Å². The van der Waals surface area contributed by atoms with E-state index in [9.17, 15) is 5.11 Å². The minimum absolute atomic E-state index is 0.0425. The largest absolute Gasteiger partial charge is 0.506 e. The van der Waals surface area contributed by atoms with Crippen molar-refractivity contribution >= 4 is 23.5 Å². The molecule has 2 rings (SSSR count). The molecule has 0 heterocycles. The minimum Gasteiger partial charge on any atom is -0.506 e. The van der Waals surface area contributed by atoms with Crippen molar-refractivity contribution in [2.75, 3.05) is 5.43 Å². The molecule has 3 nitrogen and oxygen atoms in total. The quantitative estimate of drug-likeness (QED) is 0.651. The Morgan fingerprint density at radius 3 is 2.67 bits per heavy atom. The SMILES string of the molecule is Cc1cc(Cl)c(O)c(/C=N\Nc2ccccc2)c1. The molecule has 4 heteroatoms. The van der Waals surface area contributed by atoms with Crippen molar-refractivity contribution in [1.82, 2.24) is 0 Å². The van der Waals surface area contributed by atoms with Crippen molar-refractivity contribution < 1.29 is 5.11 Å². The van der Waals surface area contributed by atoms with E-state index in [4.69, 9.17) is 11.6 Å². The first kappa shape index (κ1) is 12.5. The van der Waals surface area contributed by atoms with E-state index in [0.29, 0.717) is 10.6 Å². The van der Waals surface area contributed by atoms with Crippen molar-refractivity contribution in [1.29, 1.82) is 0 Å². The van der Waals surface area contributed by atoms with Crippen LogP contribution < -0.4 is 5.43 Å². The van der Waals surface area contributed by atoms with Crippen LogP contribution in [0, 0.1) is 6.92 Å². The molecule has 0 saturated heterocycles. The molecule has 92 valence electrons. The first-order valence-corrected chi connectivity index (χ1v) is 5.88. The Hall–Kier alpha value is -2.00. The van der Waals surface area contributed by atoms with Crippen LogP contribution in [0.15, 0.2) is 47.6 Å². The normalized spacial score (nSPS) is 10.8. The van der Waals surface area contributed by atoms with E-state index in [1.165, 1.54) is 0 Å². The van der Waals surface area contributed by atoms with Gasteiger partial charge in [0.05, 0.1) is 16.9 Å². The first-order valence-electron chi connectivity index (χ1n) is 5.50. The maximum atomic E-state index is 9.77. The third-order valence-corrected chi connectivity index (χ3v) is 2.70. The van der Waals surface area contributed by atoms with Gasteiger partial charge >= 0.3 is 0 Å². The molecule has 0 unspecified atom stereocenters. The molecular formula is C14H13ClN2O. The van der Waals surface area contributed by atoms with Gasteiger partial charge in [0.25, 0.3) is 0 Å². The fourth-order valence-electron chi connectivity index (χ4n) is 1.55. The lowest BCUT2D eigenvalue weighted by Gasteiger charge is -2.03. The number of hydrogen-bond acceptors (Lipinski definition) is 3. The van der Waals surface area contributed by atoms with Crippen LogP contribution in [-0.2, 0) is 0 Å². The Kier molecular flexibility index (Phi) is 3.85. The molecule has 0 aromatic heterocycles. The van der Waals surface area contributed by atoms with Gasteiger partial charge in [-0.1, -0.05) is 29.8 Å². The van der Waals surface area contributed by atoms with E-state index in [0.717, 1.165) is 11.3 Å². The number of phenolic OH excluding ortho intramolecular Hbond substituents is 1. The lowest BCUT2D eigenvalue weighted by Crippen LogP contribution is -1.91. The summed E-state index contributed by atoms with van der Waals surface area (Å²) in [6.07, 6.45) is 1.54. The van der Waals surface area contributed by atoms with Gasteiger partial charge in [0.1, 0.15) is 5.75 Å². The highest BCUT2D eigenvalue weighted by molar-refractivity contribution is 6.32. The van der Waals surface area contributed by atoms with E-state index < -0.39 is 0 Å². The number of nitrogens with one attached hydrogen (secondary N) is 1. The molecule has 2 aromatic carbocycles.